The van der Waals surface area contributed by atoms with Gasteiger partial charge in [0.2, 0.25) is 0 Å². The van der Waals surface area contributed by atoms with Crippen molar-refractivity contribution in [2.24, 2.45) is 0 Å². The van der Waals surface area contributed by atoms with Gasteiger partial charge in [-0.25, -0.2) is 0 Å². The van der Waals surface area contributed by atoms with E-state index < -0.39 is 0 Å². The summed E-state index contributed by atoms with van der Waals surface area (Å²) in [6, 6.07) is 11.8. The third kappa shape index (κ3) is 5.15. The van der Waals surface area contributed by atoms with Crippen LogP contribution in [0.3, 0.4) is 0 Å². The van der Waals surface area contributed by atoms with Crippen LogP contribution in [0.25, 0.3) is 6.08 Å². The van der Waals surface area contributed by atoms with Gasteiger partial charge in [0.15, 0.2) is 17.0 Å². The molecule has 0 spiro atoms. The number of anilines is 1. The second-order valence-electron chi connectivity index (χ2n) is 6.63. The Hall–Kier alpha value is -2.86. The Morgan fingerprint density at radius 3 is 2.69 bits per heavy atom. The quantitative estimate of drug-likeness (QED) is 0.435. The van der Waals surface area contributed by atoms with Gasteiger partial charge in [-0.2, -0.15) is 0 Å². The van der Waals surface area contributed by atoms with Crippen LogP contribution in [0.4, 0.5) is 5.69 Å². The second-order valence-corrected chi connectivity index (χ2v) is 7.77. The van der Waals surface area contributed by atoms with Crippen molar-refractivity contribution in [3.05, 3.63) is 70.6 Å². The van der Waals surface area contributed by atoms with Crippen molar-refractivity contribution in [2.45, 2.75) is 32.2 Å². The molecular formula is C23H26N2O3S. The number of amides is 1. The summed E-state index contributed by atoms with van der Waals surface area (Å²) in [5.41, 5.74) is 3.50. The van der Waals surface area contributed by atoms with Gasteiger partial charge in [-0.05, 0) is 61.2 Å². The maximum Gasteiger partial charge on any atom is 0.260 e. The van der Waals surface area contributed by atoms with Gasteiger partial charge in [0, 0.05) is 11.3 Å². The molecule has 0 unspecified atom stereocenters. The molecular weight excluding hydrogens is 384 g/mol. The van der Waals surface area contributed by atoms with Crippen LogP contribution in [0, 0.1) is 0 Å². The summed E-state index contributed by atoms with van der Waals surface area (Å²) >= 11 is 1.43. The maximum atomic E-state index is 12.4. The Balaban J connectivity index is 1.79. The van der Waals surface area contributed by atoms with Crippen molar-refractivity contribution in [2.75, 3.05) is 11.9 Å². The van der Waals surface area contributed by atoms with E-state index in [1.165, 1.54) is 17.3 Å². The molecule has 0 aliphatic carbocycles. The van der Waals surface area contributed by atoms with Gasteiger partial charge in [-0.1, -0.05) is 36.9 Å². The molecule has 2 aromatic rings. The van der Waals surface area contributed by atoms with Gasteiger partial charge >= 0.3 is 0 Å². The minimum absolute atomic E-state index is 0.118. The second kappa shape index (κ2) is 9.56. The predicted octanol–water partition coefficient (Wildman–Crippen LogP) is 4.68. The maximum absolute atomic E-state index is 12.4. The zero-order valence-corrected chi connectivity index (χ0v) is 17.5. The topological polar surface area (TPSA) is 70.6 Å². The van der Waals surface area contributed by atoms with Crippen molar-refractivity contribution < 1.29 is 14.6 Å². The molecule has 5 nitrogen and oxygen atoms in total. The smallest absolute Gasteiger partial charge is 0.260 e. The molecule has 1 saturated heterocycles. The summed E-state index contributed by atoms with van der Waals surface area (Å²) in [6.07, 6.45) is 5.05. The molecule has 6 heteroatoms. The van der Waals surface area contributed by atoms with Gasteiger partial charge in [0.25, 0.3) is 5.91 Å². The third-order valence-electron chi connectivity index (χ3n) is 4.53. The van der Waals surface area contributed by atoms with E-state index in [0.29, 0.717) is 29.2 Å². The number of hydrogen-bond donors (Lipinski definition) is 3. The van der Waals surface area contributed by atoms with Crippen LogP contribution in [0.5, 0.6) is 11.5 Å². The van der Waals surface area contributed by atoms with E-state index in [0.717, 1.165) is 17.7 Å². The summed E-state index contributed by atoms with van der Waals surface area (Å²) in [4.78, 5) is 13.0. The molecule has 1 aliphatic rings. The number of benzene rings is 2. The van der Waals surface area contributed by atoms with E-state index in [4.69, 9.17) is 4.74 Å². The van der Waals surface area contributed by atoms with E-state index in [9.17, 15) is 9.90 Å². The molecule has 0 radical (unpaired) electrons. The number of allylic oxidation sites excluding steroid dienone is 1. The molecule has 1 aliphatic heterocycles. The van der Waals surface area contributed by atoms with E-state index >= 15 is 0 Å². The van der Waals surface area contributed by atoms with Crippen LogP contribution < -0.4 is 15.4 Å². The van der Waals surface area contributed by atoms with Gasteiger partial charge < -0.3 is 20.5 Å². The van der Waals surface area contributed by atoms with Crippen LogP contribution in [-0.2, 0) is 17.6 Å². The van der Waals surface area contributed by atoms with Gasteiger partial charge in [0.1, 0.15) is 0 Å². The Bertz CT molecular complexity index is 922. The normalized spacial score (nSPS) is 17.2. The highest BCUT2D eigenvalue weighted by atomic mass is 32.2. The standard InChI is InChI=1S/C23H26N2O3S/c1-4-7-17-12-16(13-19(21(17)26)28-6-3)14-20-22(27)25-23(29-20)24-18-10-8-15(5-2)9-11-18/h4,8-14,23-24,26H,1,5-7H2,2-3H3,(H,25,27)/b20-14-/t23-/m0/s1. The lowest BCUT2D eigenvalue weighted by Gasteiger charge is -2.13. The van der Waals surface area contributed by atoms with Gasteiger partial charge in [0.05, 0.1) is 11.5 Å². The third-order valence-corrected chi connectivity index (χ3v) is 5.56. The molecule has 1 heterocycles. The highest BCUT2D eigenvalue weighted by Crippen LogP contribution is 2.35. The fraction of sp³-hybridized carbons (Fsp3) is 0.261. The number of carbonyl (C=O) groups excluding carboxylic acids is 1. The van der Waals surface area contributed by atoms with Crippen LogP contribution in [0.1, 0.15) is 30.5 Å². The van der Waals surface area contributed by atoms with E-state index in [2.05, 4.69) is 36.3 Å². The van der Waals surface area contributed by atoms with Crippen molar-refractivity contribution in [1.29, 1.82) is 0 Å². The first-order chi connectivity index (χ1) is 14.0. The summed E-state index contributed by atoms with van der Waals surface area (Å²) in [6.45, 7) is 8.16. The zero-order chi connectivity index (χ0) is 20.8. The number of nitrogens with one attached hydrogen (secondary N) is 2. The summed E-state index contributed by atoms with van der Waals surface area (Å²) < 4.78 is 5.54. The molecule has 0 aromatic heterocycles. The van der Waals surface area contributed by atoms with E-state index in [1.54, 1.807) is 12.1 Å². The molecule has 29 heavy (non-hydrogen) atoms. The van der Waals surface area contributed by atoms with Crippen LogP contribution in [0.2, 0.25) is 0 Å². The van der Waals surface area contributed by atoms with Crippen LogP contribution in [0.15, 0.2) is 54.0 Å². The summed E-state index contributed by atoms with van der Waals surface area (Å²) in [5.74, 6) is 0.397. The fourth-order valence-electron chi connectivity index (χ4n) is 3.05. The average molecular weight is 411 g/mol. The SMILES string of the molecule is C=CCc1cc(/C=C2\S[C@@H](Nc3ccc(CC)cc3)NC2=O)cc(OCC)c1O. The number of hydrogen-bond acceptors (Lipinski definition) is 5. The van der Waals surface area contributed by atoms with E-state index in [-0.39, 0.29) is 17.2 Å². The molecule has 152 valence electrons. The van der Waals surface area contributed by atoms with Crippen molar-refractivity contribution in [1.82, 2.24) is 5.32 Å². The molecule has 1 amide bonds. The highest BCUT2D eigenvalue weighted by molar-refractivity contribution is 8.05. The molecule has 0 bridgehead atoms. The Morgan fingerprint density at radius 2 is 2.03 bits per heavy atom. The van der Waals surface area contributed by atoms with Crippen molar-refractivity contribution in [3.8, 4) is 11.5 Å². The highest BCUT2D eigenvalue weighted by Gasteiger charge is 2.27. The molecule has 3 N–H and O–H groups in total. The lowest BCUT2D eigenvalue weighted by atomic mass is 10.1. The number of ether oxygens (including phenoxy) is 1. The van der Waals surface area contributed by atoms with Gasteiger partial charge in [-0.15, -0.1) is 6.58 Å². The molecule has 2 aromatic carbocycles. The first-order valence-electron chi connectivity index (χ1n) is 9.68. The molecule has 1 fully saturated rings. The molecule has 0 saturated carbocycles. The lowest BCUT2D eigenvalue weighted by molar-refractivity contribution is -0.116. The van der Waals surface area contributed by atoms with Crippen LogP contribution >= 0.6 is 11.8 Å². The van der Waals surface area contributed by atoms with E-state index in [1.807, 2.05) is 31.2 Å². The molecule has 3 rings (SSSR count). The van der Waals surface area contributed by atoms with Gasteiger partial charge in [-0.3, -0.25) is 4.79 Å². The number of rotatable bonds is 8. The Labute approximate surface area is 175 Å². The summed E-state index contributed by atoms with van der Waals surface area (Å²) in [5, 5.41) is 16.6. The number of aryl methyl sites for hydroxylation is 1. The largest absolute Gasteiger partial charge is 0.504 e. The first kappa shape index (κ1) is 20.9. The number of aromatic hydroxyl groups is 1. The Morgan fingerprint density at radius 1 is 1.28 bits per heavy atom. The number of carbonyl (C=O) groups is 1. The van der Waals surface area contributed by atoms with Crippen molar-refractivity contribution in [3.63, 3.8) is 0 Å². The average Bonchev–Trinajstić information content (AvgIpc) is 3.05. The zero-order valence-electron chi connectivity index (χ0n) is 16.7. The Kier molecular flexibility index (Phi) is 6.88. The first-order valence-corrected chi connectivity index (χ1v) is 10.6. The molecule has 1 atom stereocenters. The number of phenolic OH excluding ortho intramolecular Hbond substituents is 1. The number of thioether (sulfide) groups is 1. The monoisotopic (exact) mass is 410 g/mol. The van der Waals surface area contributed by atoms with Crippen LogP contribution in [-0.4, -0.2) is 23.1 Å². The number of phenols is 1. The lowest BCUT2D eigenvalue weighted by Crippen LogP contribution is -2.30. The predicted molar refractivity (Wildman–Crippen MR) is 120 cm³/mol. The summed E-state index contributed by atoms with van der Waals surface area (Å²) in [7, 11) is 0. The fourth-order valence-corrected chi connectivity index (χ4v) is 4.04. The minimum atomic E-state index is -0.239. The van der Waals surface area contributed by atoms with Crippen molar-refractivity contribution >= 4 is 29.4 Å². The minimum Gasteiger partial charge on any atom is -0.504 e.